The zero-order chi connectivity index (χ0) is 13.0. The van der Waals surface area contributed by atoms with Crippen molar-refractivity contribution in [1.29, 1.82) is 5.26 Å². The van der Waals surface area contributed by atoms with Gasteiger partial charge in [-0.25, -0.2) is 0 Å². The predicted molar refractivity (Wildman–Crippen MR) is 69.8 cm³/mol. The molecule has 6 nitrogen and oxygen atoms in total. The van der Waals surface area contributed by atoms with E-state index in [9.17, 15) is 0 Å². The van der Waals surface area contributed by atoms with Crippen molar-refractivity contribution in [3.05, 3.63) is 5.28 Å². The Labute approximate surface area is 111 Å². The summed E-state index contributed by atoms with van der Waals surface area (Å²) in [5.74, 6) is 1.15. The van der Waals surface area contributed by atoms with Crippen molar-refractivity contribution < 1.29 is 0 Å². The third-order valence-corrected chi connectivity index (χ3v) is 3.04. The van der Waals surface area contributed by atoms with Crippen molar-refractivity contribution in [3.63, 3.8) is 0 Å². The minimum atomic E-state index is 0.200. The number of nitriles is 1. The fraction of sp³-hybridized carbons (Fsp3) is 0.636. The number of hydrogen-bond donors (Lipinski definition) is 0. The van der Waals surface area contributed by atoms with Crippen LogP contribution in [0.3, 0.4) is 0 Å². The van der Waals surface area contributed by atoms with Gasteiger partial charge in [-0.1, -0.05) is 0 Å². The minimum Gasteiger partial charge on any atom is -0.343 e. The van der Waals surface area contributed by atoms with Gasteiger partial charge in [0.2, 0.25) is 17.2 Å². The second kappa shape index (κ2) is 5.83. The lowest BCUT2D eigenvalue weighted by Crippen LogP contribution is -2.25. The fourth-order valence-corrected chi connectivity index (χ4v) is 2.03. The maximum Gasteiger partial charge on any atom is 0.231 e. The highest BCUT2D eigenvalue weighted by Gasteiger charge is 2.18. The quantitative estimate of drug-likeness (QED) is 0.822. The molecule has 0 N–H and O–H groups in total. The van der Waals surface area contributed by atoms with Gasteiger partial charge in [0, 0.05) is 26.7 Å². The number of anilines is 2. The molecule has 2 heterocycles. The lowest BCUT2D eigenvalue weighted by atomic mass is 10.4. The average Bonchev–Trinajstić information content (AvgIpc) is 2.89. The van der Waals surface area contributed by atoms with Gasteiger partial charge in [-0.2, -0.15) is 20.2 Å². The van der Waals surface area contributed by atoms with E-state index >= 15 is 0 Å². The fourth-order valence-electron chi connectivity index (χ4n) is 1.88. The summed E-state index contributed by atoms with van der Waals surface area (Å²) in [6, 6.07) is 2.10. The first-order chi connectivity index (χ1) is 8.70. The third kappa shape index (κ3) is 2.99. The van der Waals surface area contributed by atoms with Crippen molar-refractivity contribution in [3.8, 4) is 6.07 Å². The minimum absolute atomic E-state index is 0.200. The Morgan fingerprint density at radius 1 is 1.33 bits per heavy atom. The predicted octanol–water partition coefficient (Wildman–Crippen LogP) is 1.48. The van der Waals surface area contributed by atoms with Crippen molar-refractivity contribution in [2.45, 2.75) is 19.3 Å². The van der Waals surface area contributed by atoms with Gasteiger partial charge in [-0.05, 0) is 24.4 Å². The molecule has 96 valence electrons. The molecule has 1 saturated heterocycles. The summed E-state index contributed by atoms with van der Waals surface area (Å²) >= 11 is 5.93. The van der Waals surface area contributed by atoms with E-state index in [4.69, 9.17) is 16.9 Å². The van der Waals surface area contributed by atoms with Gasteiger partial charge in [0.1, 0.15) is 0 Å². The highest BCUT2D eigenvalue weighted by atomic mass is 35.5. The van der Waals surface area contributed by atoms with Gasteiger partial charge in [-0.3, -0.25) is 0 Å². The van der Waals surface area contributed by atoms with E-state index in [0.29, 0.717) is 24.9 Å². The molecule has 1 aromatic heterocycles. The molecular formula is C11H15ClN6. The summed E-state index contributed by atoms with van der Waals surface area (Å²) in [6.07, 6.45) is 2.74. The number of halogens is 1. The Morgan fingerprint density at radius 3 is 2.72 bits per heavy atom. The van der Waals surface area contributed by atoms with Crippen LogP contribution in [0, 0.1) is 11.3 Å². The van der Waals surface area contributed by atoms with Crippen molar-refractivity contribution in [2.24, 2.45) is 0 Å². The lowest BCUT2D eigenvalue weighted by Gasteiger charge is -2.19. The van der Waals surface area contributed by atoms with Gasteiger partial charge in [0.15, 0.2) is 0 Å². The molecule has 0 unspecified atom stereocenters. The molecule has 7 heteroatoms. The molecule has 1 aromatic rings. The largest absolute Gasteiger partial charge is 0.343 e. The standard InChI is InChI=1S/C11H15ClN6/c1-17(6-4-5-13)10-14-9(12)15-11(16-10)18-7-2-3-8-18/h2-4,6-8H2,1H3. The molecule has 0 bridgehead atoms. The molecule has 18 heavy (non-hydrogen) atoms. The molecule has 0 spiro atoms. The van der Waals surface area contributed by atoms with Crippen LogP contribution < -0.4 is 9.80 Å². The van der Waals surface area contributed by atoms with Crippen LogP contribution in [0.5, 0.6) is 0 Å². The topological polar surface area (TPSA) is 68.9 Å². The molecule has 1 fully saturated rings. The molecule has 2 rings (SSSR count). The molecule has 1 aliphatic rings. The van der Waals surface area contributed by atoms with Crippen LogP contribution in [-0.4, -0.2) is 41.6 Å². The van der Waals surface area contributed by atoms with Gasteiger partial charge >= 0.3 is 0 Å². The van der Waals surface area contributed by atoms with Gasteiger partial charge in [-0.15, -0.1) is 0 Å². The number of hydrogen-bond acceptors (Lipinski definition) is 6. The second-order valence-electron chi connectivity index (χ2n) is 4.23. The first kappa shape index (κ1) is 12.8. The zero-order valence-electron chi connectivity index (χ0n) is 10.3. The normalized spacial score (nSPS) is 14.6. The van der Waals surface area contributed by atoms with E-state index in [0.717, 1.165) is 25.9 Å². The highest BCUT2D eigenvalue weighted by molar-refractivity contribution is 6.28. The molecular weight excluding hydrogens is 252 g/mol. The van der Waals surface area contributed by atoms with E-state index < -0.39 is 0 Å². The van der Waals surface area contributed by atoms with Crippen molar-refractivity contribution in [2.75, 3.05) is 36.5 Å². The van der Waals surface area contributed by atoms with E-state index in [-0.39, 0.29) is 5.28 Å². The number of nitrogens with zero attached hydrogens (tertiary/aromatic N) is 6. The first-order valence-corrected chi connectivity index (χ1v) is 6.33. The summed E-state index contributed by atoms with van der Waals surface area (Å²) in [7, 11) is 1.84. The highest BCUT2D eigenvalue weighted by Crippen LogP contribution is 2.19. The Bertz CT molecular complexity index is 451. The van der Waals surface area contributed by atoms with Crippen LogP contribution in [0.25, 0.3) is 0 Å². The van der Waals surface area contributed by atoms with Crippen LogP contribution in [0.2, 0.25) is 5.28 Å². The van der Waals surface area contributed by atoms with Gasteiger partial charge in [0.05, 0.1) is 12.5 Å². The Morgan fingerprint density at radius 2 is 2.06 bits per heavy atom. The third-order valence-electron chi connectivity index (χ3n) is 2.87. The zero-order valence-corrected chi connectivity index (χ0v) is 11.1. The Balaban J connectivity index is 2.18. The molecule has 0 aliphatic carbocycles. The Hall–Kier alpha value is -1.61. The monoisotopic (exact) mass is 266 g/mol. The molecule has 0 radical (unpaired) electrons. The van der Waals surface area contributed by atoms with Crippen molar-refractivity contribution >= 4 is 23.5 Å². The van der Waals surface area contributed by atoms with Crippen LogP contribution in [0.15, 0.2) is 0 Å². The van der Waals surface area contributed by atoms with Crippen LogP contribution in [-0.2, 0) is 0 Å². The second-order valence-corrected chi connectivity index (χ2v) is 4.57. The summed E-state index contributed by atoms with van der Waals surface area (Å²) in [6.45, 7) is 2.50. The SMILES string of the molecule is CN(CCC#N)c1nc(Cl)nc(N2CCCC2)n1. The first-order valence-electron chi connectivity index (χ1n) is 5.95. The average molecular weight is 267 g/mol. The summed E-state index contributed by atoms with van der Waals surface area (Å²) < 4.78 is 0. The van der Waals surface area contributed by atoms with Gasteiger partial charge in [0.25, 0.3) is 0 Å². The van der Waals surface area contributed by atoms with E-state index in [1.54, 1.807) is 0 Å². The number of rotatable bonds is 4. The molecule has 1 aliphatic heterocycles. The maximum atomic E-state index is 8.58. The van der Waals surface area contributed by atoms with Gasteiger partial charge < -0.3 is 9.80 Å². The van der Waals surface area contributed by atoms with E-state index in [1.165, 1.54) is 0 Å². The summed E-state index contributed by atoms with van der Waals surface area (Å²) in [5, 5.41) is 8.78. The molecule has 0 atom stereocenters. The maximum absolute atomic E-state index is 8.58. The van der Waals surface area contributed by atoms with Crippen LogP contribution in [0.1, 0.15) is 19.3 Å². The number of aromatic nitrogens is 3. The molecule has 0 aromatic carbocycles. The van der Waals surface area contributed by atoms with Crippen molar-refractivity contribution in [1.82, 2.24) is 15.0 Å². The van der Waals surface area contributed by atoms with Crippen LogP contribution >= 0.6 is 11.6 Å². The summed E-state index contributed by atoms with van der Waals surface area (Å²) in [4.78, 5) is 16.6. The molecule has 0 amide bonds. The van der Waals surface area contributed by atoms with E-state index in [1.807, 2.05) is 11.9 Å². The summed E-state index contributed by atoms with van der Waals surface area (Å²) in [5.41, 5.74) is 0. The smallest absolute Gasteiger partial charge is 0.231 e. The van der Waals surface area contributed by atoms with E-state index in [2.05, 4.69) is 25.9 Å². The van der Waals surface area contributed by atoms with Crippen LogP contribution in [0.4, 0.5) is 11.9 Å². The molecule has 0 saturated carbocycles. The lowest BCUT2D eigenvalue weighted by molar-refractivity contribution is 0.822. The Kier molecular flexibility index (Phi) is 4.15.